The van der Waals surface area contributed by atoms with Gasteiger partial charge in [-0.2, -0.15) is 0 Å². The molecular formula is C15H17N3O2. The molecule has 5 nitrogen and oxygen atoms in total. The summed E-state index contributed by atoms with van der Waals surface area (Å²) < 4.78 is 5.22. The number of methoxy groups -OCH3 is 1. The van der Waals surface area contributed by atoms with Gasteiger partial charge >= 0.3 is 6.03 Å². The molecule has 5 heteroatoms. The molecule has 2 aromatic carbocycles. The number of hydrogen-bond donors (Lipinski definition) is 3. The summed E-state index contributed by atoms with van der Waals surface area (Å²) in [6.45, 7) is 0.387. The zero-order valence-corrected chi connectivity index (χ0v) is 11.2. The van der Waals surface area contributed by atoms with Crippen LogP contribution < -0.4 is 21.1 Å². The van der Waals surface area contributed by atoms with Crippen molar-refractivity contribution >= 4 is 17.4 Å². The Kier molecular flexibility index (Phi) is 4.44. The fourth-order valence-corrected chi connectivity index (χ4v) is 1.82. The third-order valence-electron chi connectivity index (χ3n) is 2.78. The van der Waals surface area contributed by atoms with Crippen molar-refractivity contribution in [2.45, 2.75) is 6.54 Å². The van der Waals surface area contributed by atoms with E-state index in [4.69, 9.17) is 10.5 Å². The first kappa shape index (κ1) is 13.7. The highest BCUT2D eigenvalue weighted by molar-refractivity contribution is 5.89. The molecule has 0 aliphatic rings. The van der Waals surface area contributed by atoms with E-state index < -0.39 is 0 Å². The van der Waals surface area contributed by atoms with Crippen molar-refractivity contribution in [1.82, 2.24) is 5.32 Å². The van der Waals surface area contributed by atoms with E-state index in [0.717, 1.165) is 11.3 Å². The summed E-state index contributed by atoms with van der Waals surface area (Å²) in [6.07, 6.45) is 0. The summed E-state index contributed by atoms with van der Waals surface area (Å²) in [5.41, 5.74) is 7.82. The van der Waals surface area contributed by atoms with Crippen molar-refractivity contribution in [3.63, 3.8) is 0 Å². The van der Waals surface area contributed by atoms with Crippen LogP contribution in [0.15, 0.2) is 48.5 Å². The predicted octanol–water partition coefficient (Wildman–Crippen LogP) is 2.60. The zero-order chi connectivity index (χ0) is 14.4. The van der Waals surface area contributed by atoms with Gasteiger partial charge in [0.15, 0.2) is 0 Å². The molecule has 0 saturated heterocycles. The first-order chi connectivity index (χ1) is 9.69. The highest BCUT2D eigenvalue weighted by atomic mass is 16.5. The summed E-state index contributed by atoms with van der Waals surface area (Å²) in [5.74, 6) is 0.747. The number of amides is 2. The first-order valence-corrected chi connectivity index (χ1v) is 6.21. The number of carbonyl (C=O) groups excluding carboxylic acids is 1. The number of urea groups is 1. The topological polar surface area (TPSA) is 76.4 Å². The predicted molar refractivity (Wildman–Crippen MR) is 79.7 cm³/mol. The van der Waals surface area contributed by atoms with Gasteiger partial charge in [-0.3, -0.25) is 0 Å². The van der Waals surface area contributed by atoms with E-state index >= 15 is 0 Å². The smallest absolute Gasteiger partial charge is 0.319 e. The maximum Gasteiger partial charge on any atom is 0.319 e. The van der Waals surface area contributed by atoms with E-state index in [1.165, 1.54) is 0 Å². The molecule has 0 bridgehead atoms. The summed E-state index contributed by atoms with van der Waals surface area (Å²) in [6, 6.07) is 14.3. The van der Waals surface area contributed by atoms with Gasteiger partial charge in [0.25, 0.3) is 0 Å². The van der Waals surface area contributed by atoms with Gasteiger partial charge in [-0.05, 0) is 24.3 Å². The molecule has 2 rings (SSSR count). The monoisotopic (exact) mass is 271 g/mol. The number of para-hydroxylation sites is 1. The van der Waals surface area contributed by atoms with Crippen molar-refractivity contribution in [2.24, 2.45) is 0 Å². The van der Waals surface area contributed by atoms with E-state index in [1.54, 1.807) is 31.4 Å². The summed E-state index contributed by atoms with van der Waals surface area (Å²) >= 11 is 0. The van der Waals surface area contributed by atoms with Crippen LogP contribution in [0, 0.1) is 0 Å². The minimum Gasteiger partial charge on any atom is -0.496 e. The zero-order valence-electron chi connectivity index (χ0n) is 11.2. The minimum absolute atomic E-state index is 0.290. The fraction of sp³-hybridized carbons (Fsp3) is 0.133. The molecule has 0 unspecified atom stereocenters. The number of ether oxygens (including phenoxy) is 1. The van der Waals surface area contributed by atoms with E-state index in [-0.39, 0.29) is 6.03 Å². The molecule has 0 aliphatic heterocycles. The number of rotatable bonds is 4. The lowest BCUT2D eigenvalue weighted by atomic mass is 10.2. The molecule has 4 N–H and O–H groups in total. The van der Waals surface area contributed by atoms with Crippen LogP contribution in [0.1, 0.15) is 5.56 Å². The van der Waals surface area contributed by atoms with E-state index in [2.05, 4.69) is 10.6 Å². The third kappa shape index (κ3) is 3.65. The van der Waals surface area contributed by atoms with Crippen LogP contribution in [0.25, 0.3) is 0 Å². The molecule has 2 amide bonds. The molecule has 0 spiro atoms. The number of anilines is 2. The van der Waals surface area contributed by atoms with Gasteiger partial charge in [0.05, 0.1) is 7.11 Å². The Labute approximate surface area is 117 Å². The fourth-order valence-electron chi connectivity index (χ4n) is 1.82. The Balaban J connectivity index is 1.92. The Morgan fingerprint density at radius 3 is 2.75 bits per heavy atom. The van der Waals surface area contributed by atoms with Gasteiger partial charge in [0, 0.05) is 23.5 Å². The van der Waals surface area contributed by atoms with Crippen LogP contribution in [0.3, 0.4) is 0 Å². The number of carbonyl (C=O) groups is 1. The number of nitrogens with two attached hydrogens (primary N) is 1. The average molecular weight is 271 g/mol. The summed E-state index contributed by atoms with van der Waals surface area (Å²) in [4.78, 5) is 11.8. The number of nitrogens with one attached hydrogen (secondary N) is 2. The molecule has 104 valence electrons. The SMILES string of the molecule is COc1ccccc1CNC(=O)Nc1cccc(N)c1. The van der Waals surface area contributed by atoms with Gasteiger partial charge < -0.3 is 21.1 Å². The molecule has 0 fully saturated rings. The number of hydrogen-bond acceptors (Lipinski definition) is 3. The van der Waals surface area contributed by atoms with Crippen molar-refractivity contribution in [3.05, 3.63) is 54.1 Å². The lowest BCUT2D eigenvalue weighted by molar-refractivity contribution is 0.251. The minimum atomic E-state index is -0.290. The highest BCUT2D eigenvalue weighted by Gasteiger charge is 2.05. The first-order valence-electron chi connectivity index (χ1n) is 6.21. The highest BCUT2D eigenvalue weighted by Crippen LogP contribution is 2.17. The third-order valence-corrected chi connectivity index (χ3v) is 2.78. The molecule has 2 aromatic rings. The van der Waals surface area contributed by atoms with E-state index in [1.807, 2.05) is 24.3 Å². The Morgan fingerprint density at radius 2 is 2.00 bits per heavy atom. The Hall–Kier alpha value is -2.69. The second-order valence-electron chi connectivity index (χ2n) is 4.24. The quantitative estimate of drug-likeness (QED) is 0.748. The van der Waals surface area contributed by atoms with Crippen LogP contribution in [0.5, 0.6) is 5.75 Å². The Bertz CT molecular complexity index is 599. The standard InChI is InChI=1S/C15H17N3O2/c1-20-14-8-3-2-5-11(14)10-17-15(19)18-13-7-4-6-12(16)9-13/h2-9H,10,16H2,1H3,(H2,17,18,19). The largest absolute Gasteiger partial charge is 0.496 e. The molecule has 0 radical (unpaired) electrons. The van der Waals surface area contributed by atoms with Gasteiger partial charge in [-0.15, -0.1) is 0 Å². The second kappa shape index (κ2) is 6.47. The second-order valence-corrected chi connectivity index (χ2v) is 4.24. The average Bonchev–Trinajstić information content (AvgIpc) is 2.45. The van der Waals surface area contributed by atoms with Crippen molar-refractivity contribution in [3.8, 4) is 5.75 Å². The maximum absolute atomic E-state index is 11.8. The van der Waals surface area contributed by atoms with Crippen LogP contribution >= 0.6 is 0 Å². The normalized spacial score (nSPS) is 9.85. The van der Waals surface area contributed by atoms with E-state index in [9.17, 15) is 4.79 Å². The van der Waals surface area contributed by atoms with E-state index in [0.29, 0.717) is 17.9 Å². The molecular weight excluding hydrogens is 254 g/mol. The number of benzene rings is 2. The van der Waals surface area contributed by atoms with Gasteiger partial charge in [0.2, 0.25) is 0 Å². The van der Waals surface area contributed by atoms with Crippen LogP contribution in [-0.2, 0) is 6.54 Å². The van der Waals surface area contributed by atoms with Crippen LogP contribution in [0.4, 0.5) is 16.2 Å². The molecule has 0 saturated carbocycles. The van der Waals surface area contributed by atoms with Gasteiger partial charge in [0.1, 0.15) is 5.75 Å². The summed E-state index contributed by atoms with van der Waals surface area (Å²) in [5, 5.41) is 5.49. The lowest BCUT2D eigenvalue weighted by Gasteiger charge is -2.10. The number of nitrogen functional groups attached to an aromatic ring is 1. The van der Waals surface area contributed by atoms with Crippen molar-refractivity contribution < 1.29 is 9.53 Å². The van der Waals surface area contributed by atoms with Crippen LogP contribution in [0.2, 0.25) is 0 Å². The molecule has 20 heavy (non-hydrogen) atoms. The Morgan fingerprint density at radius 1 is 1.20 bits per heavy atom. The van der Waals surface area contributed by atoms with Crippen LogP contribution in [-0.4, -0.2) is 13.1 Å². The van der Waals surface area contributed by atoms with Crippen molar-refractivity contribution in [2.75, 3.05) is 18.2 Å². The molecule has 0 aliphatic carbocycles. The summed E-state index contributed by atoms with van der Waals surface area (Å²) in [7, 11) is 1.60. The molecule has 0 heterocycles. The molecule has 0 aromatic heterocycles. The van der Waals surface area contributed by atoms with Gasteiger partial charge in [-0.25, -0.2) is 4.79 Å². The molecule has 0 atom stereocenters. The maximum atomic E-state index is 11.8. The van der Waals surface area contributed by atoms with Crippen molar-refractivity contribution in [1.29, 1.82) is 0 Å². The lowest BCUT2D eigenvalue weighted by Crippen LogP contribution is -2.28. The van der Waals surface area contributed by atoms with Gasteiger partial charge in [-0.1, -0.05) is 24.3 Å².